The molecule has 0 aliphatic heterocycles. The van der Waals surface area contributed by atoms with Crippen LogP contribution < -0.4 is 0 Å². The van der Waals surface area contributed by atoms with Crippen molar-refractivity contribution in [1.82, 2.24) is 4.98 Å². The summed E-state index contributed by atoms with van der Waals surface area (Å²) in [6.45, 7) is 2.32. The third kappa shape index (κ3) is 2.93. The van der Waals surface area contributed by atoms with Gasteiger partial charge in [0.2, 0.25) is 0 Å². The molecule has 0 unspecified atom stereocenters. The quantitative estimate of drug-likeness (QED) is 0.586. The van der Waals surface area contributed by atoms with Gasteiger partial charge in [-0.3, -0.25) is 0 Å². The largest absolute Gasteiger partial charge is 0.462 e. The third-order valence-electron chi connectivity index (χ3n) is 2.30. The van der Waals surface area contributed by atoms with E-state index in [1.165, 1.54) is 18.9 Å². The predicted octanol–water partition coefficient (Wildman–Crippen LogP) is 2.61. The van der Waals surface area contributed by atoms with Gasteiger partial charge in [0.15, 0.2) is 0 Å². The summed E-state index contributed by atoms with van der Waals surface area (Å²) in [6, 6.07) is 3.21. The van der Waals surface area contributed by atoms with Crippen LogP contribution in [-0.4, -0.2) is 17.6 Å². The first-order valence-electron chi connectivity index (χ1n) is 4.96. The van der Waals surface area contributed by atoms with E-state index in [1.807, 2.05) is 0 Å². The number of aromatic nitrogens is 1. The molecule has 4 heteroatoms. The molecule has 0 radical (unpaired) electrons. The molecule has 0 N–H and O–H groups in total. The van der Waals surface area contributed by atoms with Crippen LogP contribution in [-0.2, 0) is 4.74 Å². The zero-order valence-electron chi connectivity index (χ0n) is 8.50. The fraction of sp³-hybridized carbons (Fsp3) is 0.455. The standard InChI is InChI=1S/C11H12ClNO2/c1-7-4-9(5-10(12)13-7)11(14)15-6-8-2-3-8/h4-5,8H,2-3,6H2,1H3. The molecule has 2 rings (SSSR count). The molecule has 1 aromatic heterocycles. The highest BCUT2D eigenvalue weighted by atomic mass is 35.5. The molecule has 0 spiro atoms. The van der Waals surface area contributed by atoms with E-state index in [2.05, 4.69) is 4.98 Å². The van der Waals surface area contributed by atoms with Gasteiger partial charge in [-0.2, -0.15) is 0 Å². The second-order valence-electron chi connectivity index (χ2n) is 3.86. The zero-order chi connectivity index (χ0) is 10.8. The number of pyridine rings is 1. The second-order valence-corrected chi connectivity index (χ2v) is 4.25. The molecule has 0 amide bonds. The fourth-order valence-corrected chi connectivity index (χ4v) is 1.56. The zero-order valence-corrected chi connectivity index (χ0v) is 9.25. The van der Waals surface area contributed by atoms with E-state index < -0.39 is 0 Å². The van der Waals surface area contributed by atoms with Gasteiger partial charge in [0, 0.05) is 5.69 Å². The number of esters is 1. The predicted molar refractivity (Wildman–Crippen MR) is 57.0 cm³/mol. The van der Waals surface area contributed by atoms with Crippen molar-refractivity contribution in [2.45, 2.75) is 19.8 Å². The Balaban J connectivity index is 2.02. The average molecular weight is 226 g/mol. The van der Waals surface area contributed by atoms with Gasteiger partial charge >= 0.3 is 5.97 Å². The highest BCUT2D eigenvalue weighted by Gasteiger charge is 2.23. The molecule has 0 bridgehead atoms. The van der Waals surface area contributed by atoms with Gasteiger partial charge in [-0.25, -0.2) is 9.78 Å². The SMILES string of the molecule is Cc1cc(C(=O)OCC2CC2)cc(Cl)n1. The normalized spacial score (nSPS) is 15.1. The van der Waals surface area contributed by atoms with Crippen molar-refractivity contribution in [2.24, 2.45) is 5.92 Å². The van der Waals surface area contributed by atoms with Gasteiger partial charge < -0.3 is 4.74 Å². The molecule has 1 aliphatic rings. The molecule has 1 saturated carbocycles. The number of ether oxygens (including phenoxy) is 1. The van der Waals surface area contributed by atoms with Crippen LogP contribution >= 0.6 is 11.6 Å². The lowest BCUT2D eigenvalue weighted by atomic mass is 10.2. The topological polar surface area (TPSA) is 39.2 Å². The number of halogens is 1. The molecule has 1 fully saturated rings. The number of rotatable bonds is 3. The molecule has 15 heavy (non-hydrogen) atoms. The van der Waals surface area contributed by atoms with Gasteiger partial charge in [0.1, 0.15) is 5.15 Å². The summed E-state index contributed by atoms with van der Waals surface area (Å²) >= 11 is 5.75. The van der Waals surface area contributed by atoms with E-state index >= 15 is 0 Å². The third-order valence-corrected chi connectivity index (χ3v) is 2.50. The van der Waals surface area contributed by atoms with Crippen molar-refractivity contribution in [2.75, 3.05) is 6.61 Å². The van der Waals surface area contributed by atoms with Crippen LogP contribution in [0.25, 0.3) is 0 Å². The van der Waals surface area contributed by atoms with E-state index in [1.54, 1.807) is 13.0 Å². The van der Waals surface area contributed by atoms with Crippen LogP contribution in [0.15, 0.2) is 12.1 Å². The van der Waals surface area contributed by atoms with E-state index in [-0.39, 0.29) is 5.97 Å². The minimum atomic E-state index is -0.311. The Labute approximate surface area is 93.4 Å². The summed E-state index contributed by atoms with van der Waals surface area (Å²) in [6.07, 6.45) is 2.34. The van der Waals surface area contributed by atoms with Gasteiger partial charge in [-0.05, 0) is 37.8 Å². The number of carbonyl (C=O) groups excluding carboxylic acids is 1. The molecule has 1 aliphatic carbocycles. The van der Waals surface area contributed by atoms with Crippen LogP contribution in [0.3, 0.4) is 0 Å². The van der Waals surface area contributed by atoms with E-state index in [4.69, 9.17) is 16.3 Å². The summed E-state index contributed by atoms with van der Waals surface area (Å²) in [7, 11) is 0. The molecule has 3 nitrogen and oxygen atoms in total. The molecule has 0 aromatic carbocycles. The summed E-state index contributed by atoms with van der Waals surface area (Å²) < 4.78 is 5.14. The molecule has 0 saturated heterocycles. The first-order chi connectivity index (χ1) is 7.15. The Kier molecular flexibility index (Phi) is 2.91. The van der Waals surface area contributed by atoms with Crippen LogP contribution in [0.2, 0.25) is 5.15 Å². The minimum absolute atomic E-state index is 0.311. The maximum absolute atomic E-state index is 11.6. The highest BCUT2D eigenvalue weighted by molar-refractivity contribution is 6.29. The second kappa shape index (κ2) is 4.19. The minimum Gasteiger partial charge on any atom is -0.462 e. The van der Waals surface area contributed by atoms with Crippen LogP contribution in [0.4, 0.5) is 0 Å². The van der Waals surface area contributed by atoms with E-state index in [0.29, 0.717) is 23.2 Å². The Hall–Kier alpha value is -1.09. The average Bonchev–Trinajstić information content (AvgIpc) is 2.96. The first-order valence-corrected chi connectivity index (χ1v) is 5.34. The molecule has 1 heterocycles. The molecule has 1 aromatic rings. The number of aryl methyl sites for hydroxylation is 1. The van der Waals surface area contributed by atoms with Crippen LogP contribution in [0.1, 0.15) is 28.9 Å². The Bertz CT molecular complexity index is 368. The fourth-order valence-electron chi connectivity index (χ4n) is 1.31. The van der Waals surface area contributed by atoms with Gasteiger partial charge in [0.25, 0.3) is 0 Å². The lowest BCUT2D eigenvalue weighted by Crippen LogP contribution is -2.08. The first kappa shape index (κ1) is 10.4. The lowest BCUT2D eigenvalue weighted by Gasteiger charge is -2.04. The number of carbonyl (C=O) groups is 1. The number of hydrogen-bond donors (Lipinski definition) is 0. The summed E-state index contributed by atoms with van der Waals surface area (Å²) in [4.78, 5) is 15.6. The van der Waals surface area contributed by atoms with Crippen molar-refractivity contribution in [1.29, 1.82) is 0 Å². The van der Waals surface area contributed by atoms with Crippen molar-refractivity contribution >= 4 is 17.6 Å². The smallest absolute Gasteiger partial charge is 0.338 e. The molecule has 0 atom stereocenters. The van der Waals surface area contributed by atoms with Crippen LogP contribution in [0.5, 0.6) is 0 Å². The van der Waals surface area contributed by atoms with E-state index in [9.17, 15) is 4.79 Å². The van der Waals surface area contributed by atoms with Gasteiger partial charge in [-0.1, -0.05) is 11.6 Å². The molecule has 80 valence electrons. The Morgan fingerprint density at radius 2 is 2.33 bits per heavy atom. The Morgan fingerprint density at radius 3 is 2.93 bits per heavy atom. The summed E-state index contributed by atoms with van der Waals surface area (Å²) in [5.41, 5.74) is 1.20. The van der Waals surface area contributed by atoms with Crippen molar-refractivity contribution < 1.29 is 9.53 Å². The molecular formula is C11H12ClNO2. The highest BCUT2D eigenvalue weighted by Crippen LogP contribution is 2.29. The van der Waals surface area contributed by atoms with Gasteiger partial charge in [-0.15, -0.1) is 0 Å². The van der Waals surface area contributed by atoms with Gasteiger partial charge in [0.05, 0.1) is 12.2 Å². The maximum atomic E-state index is 11.6. The number of hydrogen-bond acceptors (Lipinski definition) is 3. The maximum Gasteiger partial charge on any atom is 0.338 e. The van der Waals surface area contributed by atoms with Crippen molar-refractivity contribution in [3.8, 4) is 0 Å². The summed E-state index contributed by atoms with van der Waals surface area (Å²) in [5, 5.41) is 0.327. The lowest BCUT2D eigenvalue weighted by molar-refractivity contribution is 0.0486. The van der Waals surface area contributed by atoms with Crippen LogP contribution in [0, 0.1) is 12.8 Å². The molecular weight excluding hydrogens is 214 g/mol. The number of nitrogens with zero attached hydrogens (tertiary/aromatic N) is 1. The Morgan fingerprint density at radius 1 is 1.60 bits per heavy atom. The van der Waals surface area contributed by atoms with Crippen molar-refractivity contribution in [3.63, 3.8) is 0 Å². The van der Waals surface area contributed by atoms with Crippen molar-refractivity contribution in [3.05, 3.63) is 28.5 Å². The van der Waals surface area contributed by atoms with E-state index in [0.717, 1.165) is 5.69 Å². The monoisotopic (exact) mass is 225 g/mol. The summed E-state index contributed by atoms with van der Waals surface area (Å²) in [5.74, 6) is 0.265.